The first-order chi connectivity index (χ1) is 10.8. The maximum atomic E-state index is 5.41. The van der Waals surface area contributed by atoms with Gasteiger partial charge in [0.25, 0.3) is 0 Å². The molecule has 3 aromatic rings. The highest BCUT2D eigenvalue weighted by Gasteiger charge is 2.16. The molecule has 0 aliphatic carbocycles. The van der Waals surface area contributed by atoms with E-state index < -0.39 is 0 Å². The predicted molar refractivity (Wildman–Crippen MR) is 79.5 cm³/mol. The minimum atomic E-state index is 0.251. The molecule has 2 heterocycles. The molecule has 0 radical (unpaired) electrons. The molecule has 0 amide bonds. The molecular formula is C16H13N3O3. The van der Waals surface area contributed by atoms with E-state index in [4.69, 9.17) is 14.2 Å². The second-order valence-corrected chi connectivity index (χ2v) is 4.80. The molecule has 0 fully saturated rings. The largest absolute Gasteiger partial charge is 0.497 e. The minimum Gasteiger partial charge on any atom is -0.497 e. The van der Waals surface area contributed by atoms with E-state index in [-0.39, 0.29) is 6.79 Å². The fourth-order valence-corrected chi connectivity index (χ4v) is 2.40. The van der Waals surface area contributed by atoms with Crippen molar-refractivity contribution in [2.45, 2.75) is 0 Å². The lowest BCUT2D eigenvalue weighted by molar-refractivity contribution is 0.174. The Morgan fingerprint density at radius 1 is 1.05 bits per heavy atom. The van der Waals surface area contributed by atoms with E-state index >= 15 is 0 Å². The van der Waals surface area contributed by atoms with Crippen LogP contribution in [0.1, 0.15) is 0 Å². The van der Waals surface area contributed by atoms with Gasteiger partial charge in [-0.15, -0.1) is 5.10 Å². The van der Waals surface area contributed by atoms with Gasteiger partial charge in [0.15, 0.2) is 11.5 Å². The molecule has 0 saturated heterocycles. The quantitative estimate of drug-likeness (QED) is 0.743. The summed E-state index contributed by atoms with van der Waals surface area (Å²) in [5, 5.41) is 8.19. The second-order valence-electron chi connectivity index (χ2n) is 4.80. The van der Waals surface area contributed by atoms with E-state index in [1.165, 1.54) is 0 Å². The lowest BCUT2D eigenvalue weighted by Crippen LogP contribution is -1.99. The summed E-state index contributed by atoms with van der Waals surface area (Å²) in [5.74, 6) is 2.27. The highest BCUT2D eigenvalue weighted by molar-refractivity contribution is 5.62. The molecule has 110 valence electrons. The SMILES string of the molecule is COc1ccc(-c2cnnn2-c2ccc3c(c2)OCO3)cc1. The molecule has 0 atom stereocenters. The van der Waals surface area contributed by atoms with Gasteiger partial charge in [-0.2, -0.15) is 0 Å². The van der Waals surface area contributed by atoms with Crippen LogP contribution < -0.4 is 14.2 Å². The van der Waals surface area contributed by atoms with E-state index in [1.807, 2.05) is 42.5 Å². The van der Waals surface area contributed by atoms with Crippen LogP contribution in [-0.4, -0.2) is 28.9 Å². The Morgan fingerprint density at radius 2 is 1.86 bits per heavy atom. The molecule has 1 aliphatic heterocycles. The number of aromatic nitrogens is 3. The Morgan fingerprint density at radius 3 is 2.68 bits per heavy atom. The number of rotatable bonds is 3. The topological polar surface area (TPSA) is 58.4 Å². The first-order valence-corrected chi connectivity index (χ1v) is 6.80. The molecule has 6 nitrogen and oxygen atoms in total. The van der Waals surface area contributed by atoms with Gasteiger partial charge in [-0.25, -0.2) is 4.68 Å². The van der Waals surface area contributed by atoms with E-state index in [0.717, 1.165) is 28.4 Å². The molecule has 0 bridgehead atoms. The van der Waals surface area contributed by atoms with Gasteiger partial charge in [0, 0.05) is 11.6 Å². The summed E-state index contributed by atoms with van der Waals surface area (Å²) in [4.78, 5) is 0. The van der Waals surface area contributed by atoms with Crippen molar-refractivity contribution in [2.24, 2.45) is 0 Å². The third kappa shape index (κ3) is 2.05. The average molecular weight is 295 g/mol. The van der Waals surface area contributed by atoms with E-state index in [0.29, 0.717) is 5.75 Å². The maximum Gasteiger partial charge on any atom is 0.231 e. The lowest BCUT2D eigenvalue weighted by atomic mass is 10.1. The summed E-state index contributed by atoms with van der Waals surface area (Å²) in [6.07, 6.45) is 1.73. The van der Waals surface area contributed by atoms with Crippen LogP contribution in [0.15, 0.2) is 48.7 Å². The van der Waals surface area contributed by atoms with Crippen LogP contribution in [0.2, 0.25) is 0 Å². The number of benzene rings is 2. The fraction of sp³-hybridized carbons (Fsp3) is 0.125. The number of fused-ring (bicyclic) bond motifs is 1. The summed E-state index contributed by atoms with van der Waals surface area (Å²) in [5.41, 5.74) is 2.76. The molecule has 2 aromatic carbocycles. The standard InChI is InChI=1S/C16H13N3O3/c1-20-13-5-2-11(3-6-13)14-9-17-18-19(14)12-4-7-15-16(8-12)22-10-21-15/h2-9H,10H2,1H3. The van der Waals surface area contributed by atoms with Crippen LogP contribution in [0.25, 0.3) is 16.9 Å². The Hall–Kier alpha value is -3.02. The van der Waals surface area contributed by atoms with Crippen LogP contribution in [0.5, 0.6) is 17.2 Å². The number of ether oxygens (including phenoxy) is 3. The van der Waals surface area contributed by atoms with E-state index in [9.17, 15) is 0 Å². The Kier molecular flexibility index (Phi) is 2.93. The summed E-state index contributed by atoms with van der Waals surface area (Å²) >= 11 is 0. The summed E-state index contributed by atoms with van der Waals surface area (Å²) in [6, 6.07) is 13.5. The van der Waals surface area contributed by atoms with Gasteiger partial charge in [0.2, 0.25) is 6.79 Å². The van der Waals surface area contributed by atoms with Crippen molar-refractivity contribution in [3.05, 3.63) is 48.7 Å². The second kappa shape index (κ2) is 5.07. The molecule has 0 unspecified atom stereocenters. The molecule has 0 spiro atoms. The van der Waals surface area contributed by atoms with Gasteiger partial charge in [-0.1, -0.05) is 5.21 Å². The maximum absolute atomic E-state index is 5.41. The molecule has 0 saturated carbocycles. The van der Waals surface area contributed by atoms with Crippen LogP contribution >= 0.6 is 0 Å². The van der Waals surface area contributed by atoms with E-state index in [2.05, 4.69) is 10.3 Å². The van der Waals surface area contributed by atoms with Crippen molar-refractivity contribution in [3.8, 4) is 34.2 Å². The van der Waals surface area contributed by atoms with Crippen molar-refractivity contribution >= 4 is 0 Å². The monoisotopic (exact) mass is 295 g/mol. The van der Waals surface area contributed by atoms with Crippen molar-refractivity contribution in [3.63, 3.8) is 0 Å². The van der Waals surface area contributed by atoms with Crippen LogP contribution in [0.3, 0.4) is 0 Å². The highest BCUT2D eigenvalue weighted by atomic mass is 16.7. The number of methoxy groups -OCH3 is 1. The van der Waals surface area contributed by atoms with Gasteiger partial charge in [0.1, 0.15) is 5.75 Å². The van der Waals surface area contributed by atoms with Gasteiger partial charge in [-0.3, -0.25) is 0 Å². The first-order valence-electron chi connectivity index (χ1n) is 6.80. The average Bonchev–Trinajstić information content (AvgIpc) is 3.23. The Labute approximate surface area is 126 Å². The van der Waals surface area contributed by atoms with Gasteiger partial charge < -0.3 is 14.2 Å². The normalized spacial score (nSPS) is 12.4. The molecule has 6 heteroatoms. The Balaban J connectivity index is 1.76. The molecule has 22 heavy (non-hydrogen) atoms. The summed E-state index contributed by atoms with van der Waals surface area (Å²) in [6.45, 7) is 0.251. The fourth-order valence-electron chi connectivity index (χ4n) is 2.40. The summed E-state index contributed by atoms with van der Waals surface area (Å²) < 4.78 is 17.7. The predicted octanol–water partition coefficient (Wildman–Crippen LogP) is 2.67. The zero-order chi connectivity index (χ0) is 14.9. The zero-order valence-electron chi connectivity index (χ0n) is 11.9. The van der Waals surface area contributed by atoms with E-state index in [1.54, 1.807) is 18.0 Å². The van der Waals surface area contributed by atoms with Crippen molar-refractivity contribution < 1.29 is 14.2 Å². The van der Waals surface area contributed by atoms with Gasteiger partial charge in [0.05, 0.1) is 24.7 Å². The van der Waals surface area contributed by atoms with Crippen molar-refractivity contribution in [2.75, 3.05) is 13.9 Å². The van der Waals surface area contributed by atoms with Crippen LogP contribution in [-0.2, 0) is 0 Å². The van der Waals surface area contributed by atoms with Crippen LogP contribution in [0, 0.1) is 0 Å². The summed E-state index contributed by atoms with van der Waals surface area (Å²) in [7, 11) is 1.65. The number of nitrogens with zero attached hydrogens (tertiary/aromatic N) is 3. The smallest absolute Gasteiger partial charge is 0.231 e. The van der Waals surface area contributed by atoms with Crippen molar-refractivity contribution in [1.29, 1.82) is 0 Å². The highest BCUT2D eigenvalue weighted by Crippen LogP contribution is 2.34. The third-order valence-electron chi connectivity index (χ3n) is 3.54. The molecule has 1 aliphatic rings. The Bertz CT molecular complexity index is 812. The molecule has 0 N–H and O–H groups in total. The van der Waals surface area contributed by atoms with Crippen LogP contribution in [0.4, 0.5) is 0 Å². The van der Waals surface area contributed by atoms with Crippen molar-refractivity contribution in [1.82, 2.24) is 15.0 Å². The molecular weight excluding hydrogens is 282 g/mol. The van der Waals surface area contributed by atoms with Gasteiger partial charge in [-0.05, 0) is 36.4 Å². The number of hydrogen-bond donors (Lipinski definition) is 0. The first kappa shape index (κ1) is 12.7. The molecule has 4 rings (SSSR count). The lowest BCUT2D eigenvalue weighted by Gasteiger charge is -2.08. The van der Waals surface area contributed by atoms with Gasteiger partial charge >= 0.3 is 0 Å². The number of hydrogen-bond acceptors (Lipinski definition) is 5. The minimum absolute atomic E-state index is 0.251. The molecule has 1 aromatic heterocycles. The zero-order valence-corrected chi connectivity index (χ0v) is 11.9. The third-order valence-corrected chi connectivity index (χ3v) is 3.54.